The summed E-state index contributed by atoms with van der Waals surface area (Å²) in [6.07, 6.45) is 2.12. The van der Waals surface area contributed by atoms with Crippen LogP contribution in [0.3, 0.4) is 0 Å². The zero-order valence-corrected chi connectivity index (χ0v) is 13.1. The average molecular weight is 277 g/mol. The van der Waals surface area contributed by atoms with Gasteiger partial charge >= 0.3 is 0 Å². The largest absolute Gasteiger partial charge is 0.381 e. The Morgan fingerprint density at radius 1 is 1.10 bits per heavy atom. The summed E-state index contributed by atoms with van der Waals surface area (Å²) in [4.78, 5) is 0. The Labute approximate surface area is 128 Å². The van der Waals surface area contributed by atoms with Crippen LogP contribution in [0.1, 0.15) is 25.0 Å². The van der Waals surface area contributed by atoms with Crippen LogP contribution in [0.25, 0.3) is 16.8 Å². The van der Waals surface area contributed by atoms with Gasteiger partial charge in [0, 0.05) is 17.8 Å². The fourth-order valence-corrected chi connectivity index (χ4v) is 2.36. The second-order valence-electron chi connectivity index (χ2n) is 5.33. The molecule has 108 valence electrons. The van der Waals surface area contributed by atoms with Gasteiger partial charge in [0.15, 0.2) is 0 Å². The Balaban J connectivity index is 2.37. The highest BCUT2D eigenvalue weighted by molar-refractivity contribution is 5.81. The summed E-state index contributed by atoms with van der Waals surface area (Å²) in [5.74, 6) is 0. The van der Waals surface area contributed by atoms with Gasteiger partial charge in [0.1, 0.15) is 0 Å². The number of rotatable bonds is 5. The van der Waals surface area contributed by atoms with E-state index < -0.39 is 0 Å². The summed E-state index contributed by atoms with van der Waals surface area (Å²) < 4.78 is 0. The van der Waals surface area contributed by atoms with Crippen LogP contribution in [-0.4, -0.2) is 6.54 Å². The molecular formula is C20H23N. The van der Waals surface area contributed by atoms with E-state index in [1.165, 1.54) is 27.8 Å². The Bertz CT molecular complexity index is 651. The lowest BCUT2D eigenvalue weighted by Crippen LogP contribution is -2.15. The molecule has 2 rings (SSSR count). The van der Waals surface area contributed by atoms with Crippen molar-refractivity contribution in [2.75, 3.05) is 6.54 Å². The van der Waals surface area contributed by atoms with Crippen LogP contribution in [0.5, 0.6) is 0 Å². The average Bonchev–Trinajstić information content (AvgIpc) is 2.52. The summed E-state index contributed by atoms with van der Waals surface area (Å²) in [5.41, 5.74) is 7.19. The van der Waals surface area contributed by atoms with E-state index in [0.717, 1.165) is 12.2 Å². The first-order chi connectivity index (χ1) is 10.1. The van der Waals surface area contributed by atoms with Gasteiger partial charge in [-0.1, -0.05) is 66.8 Å². The molecule has 0 fully saturated rings. The molecule has 0 atom stereocenters. The van der Waals surface area contributed by atoms with Crippen molar-refractivity contribution in [1.82, 2.24) is 5.32 Å². The van der Waals surface area contributed by atoms with E-state index in [1.807, 2.05) is 6.07 Å². The maximum atomic E-state index is 4.24. The molecule has 0 bridgehead atoms. The molecule has 0 aliphatic carbocycles. The highest BCUT2D eigenvalue weighted by atomic mass is 14.9. The SMILES string of the molecule is C=C(NC/C(C)=C/C)c1c(C)cccc1-c1ccccc1. The summed E-state index contributed by atoms with van der Waals surface area (Å²) in [6, 6.07) is 16.9. The standard InChI is InChI=1S/C20H23N/c1-5-15(2)14-21-17(4)20-16(3)10-9-13-19(20)18-11-7-6-8-12-18/h5-13,21H,4,14H2,1-3H3/b15-5+. The zero-order chi connectivity index (χ0) is 15.2. The minimum absolute atomic E-state index is 0.831. The van der Waals surface area contributed by atoms with Crippen LogP contribution in [0.15, 0.2) is 66.8 Å². The normalized spacial score (nSPS) is 11.3. The van der Waals surface area contributed by atoms with Crippen molar-refractivity contribution < 1.29 is 0 Å². The van der Waals surface area contributed by atoms with Gasteiger partial charge in [0.2, 0.25) is 0 Å². The second kappa shape index (κ2) is 6.94. The van der Waals surface area contributed by atoms with Gasteiger partial charge in [-0.05, 0) is 37.5 Å². The summed E-state index contributed by atoms with van der Waals surface area (Å²) in [6.45, 7) is 11.4. The van der Waals surface area contributed by atoms with Gasteiger partial charge in [-0.2, -0.15) is 0 Å². The van der Waals surface area contributed by atoms with E-state index in [-0.39, 0.29) is 0 Å². The Kier molecular flexibility index (Phi) is 4.99. The van der Waals surface area contributed by atoms with E-state index in [9.17, 15) is 0 Å². The monoisotopic (exact) mass is 277 g/mol. The number of benzene rings is 2. The predicted molar refractivity (Wildman–Crippen MR) is 93.1 cm³/mol. The Morgan fingerprint density at radius 2 is 1.81 bits per heavy atom. The van der Waals surface area contributed by atoms with E-state index in [4.69, 9.17) is 0 Å². The van der Waals surface area contributed by atoms with Crippen molar-refractivity contribution in [3.63, 3.8) is 0 Å². The fraction of sp³-hybridized carbons (Fsp3) is 0.200. The third kappa shape index (κ3) is 3.63. The Hall–Kier alpha value is -2.28. The van der Waals surface area contributed by atoms with E-state index >= 15 is 0 Å². The molecular weight excluding hydrogens is 254 g/mol. The van der Waals surface area contributed by atoms with Gasteiger partial charge < -0.3 is 5.32 Å². The first-order valence-corrected chi connectivity index (χ1v) is 7.33. The van der Waals surface area contributed by atoms with Gasteiger partial charge in [-0.3, -0.25) is 0 Å². The maximum Gasteiger partial charge on any atom is 0.0357 e. The molecule has 1 N–H and O–H groups in total. The molecule has 2 aromatic carbocycles. The molecule has 1 nitrogen and oxygen atoms in total. The van der Waals surface area contributed by atoms with Crippen molar-refractivity contribution in [2.45, 2.75) is 20.8 Å². The number of aryl methyl sites for hydroxylation is 1. The molecule has 0 unspecified atom stereocenters. The summed E-state index contributed by atoms with van der Waals surface area (Å²) >= 11 is 0. The lowest BCUT2D eigenvalue weighted by Gasteiger charge is -2.17. The third-order valence-corrected chi connectivity index (χ3v) is 3.73. The first-order valence-electron chi connectivity index (χ1n) is 7.33. The fourth-order valence-electron chi connectivity index (χ4n) is 2.36. The van der Waals surface area contributed by atoms with E-state index in [2.05, 4.69) is 81.2 Å². The zero-order valence-electron chi connectivity index (χ0n) is 13.1. The molecule has 1 heteroatoms. The smallest absolute Gasteiger partial charge is 0.0357 e. The molecule has 0 aliphatic heterocycles. The van der Waals surface area contributed by atoms with Crippen molar-refractivity contribution in [3.8, 4) is 11.1 Å². The van der Waals surface area contributed by atoms with Crippen molar-refractivity contribution in [3.05, 3.63) is 77.9 Å². The predicted octanol–water partition coefficient (Wildman–Crippen LogP) is 5.19. The highest BCUT2D eigenvalue weighted by Gasteiger charge is 2.10. The number of allylic oxidation sites excluding steroid dienone is 1. The van der Waals surface area contributed by atoms with E-state index in [1.54, 1.807) is 0 Å². The minimum atomic E-state index is 0.831. The molecule has 2 aromatic rings. The lowest BCUT2D eigenvalue weighted by atomic mass is 9.94. The van der Waals surface area contributed by atoms with Gasteiger partial charge in [-0.25, -0.2) is 0 Å². The molecule has 21 heavy (non-hydrogen) atoms. The third-order valence-electron chi connectivity index (χ3n) is 3.73. The van der Waals surface area contributed by atoms with Crippen LogP contribution >= 0.6 is 0 Å². The molecule has 0 saturated heterocycles. The summed E-state index contributed by atoms with van der Waals surface area (Å²) in [5, 5.41) is 3.44. The van der Waals surface area contributed by atoms with Crippen LogP contribution in [0.2, 0.25) is 0 Å². The Morgan fingerprint density at radius 3 is 2.48 bits per heavy atom. The molecule has 0 amide bonds. The number of hydrogen-bond acceptors (Lipinski definition) is 1. The molecule has 0 aromatic heterocycles. The second-order valence-corrected chi connectivity index (χ2v) is 5.33. The van der Waals surface area contributed by atoms with Crippen molar-refractivity contribution in [2.24, 2.45) is 0 Å². The van der Waals surface area contributed by atoms with E-state index in [0.29, 0.717) is 0 Å². The number of nitrogens with one attached hydrogen (secondary N) is 1. The van der Waals surface area contributed by atoms with Crippen molar-refractivity contribution >= 4 is 5.70 Å². The van der Waals surface area contributed by atoms with Gasteiger partial charge in [-0.15, -0.1) is 0 Å². The number of hydrogen-bond donors (Lipinski definition) is 1. The van der Waals surface area contributed by atoms with Crippen LogP contribution in [-0.2, 0) is 0 Å². The molecule has 0 saturated carbocycles. The summed E-state index contributed by atoms with van der Waals surface area (Å²) in [7, 11) is 0. The van der Waals surface area contributed by atoms with Crippen LogP contribution < -0.4 is 5.32 Å². The highest BCUT2D eigenvalue weighted by Crippen LogP contribution is 2.29. The quantitative estimate of drug-likeness (QED) is 0.742. The van der Waals surface area contributed by atoms with Crippen LogP contribution in [0, 0.1) is 6.92 Å². The minimum Gasteiger partial charge on any atom is -0.381 e. The van der Waals surface area contributed by atoms with Crippen LogP contribution in [0.4, 0.5) is 0 Å². The molecule has 0 heterocycles. The molecule has 0 radical (unpaired) electrons. The van der Waals surface area contributed by atoms with Gasteiger partial charge in [0.25, 0.3) is 0 Å². The first kappa shape index (κ1) is 15.1. The topological polar surface area (TPSA) is 12.0 Å². The van der Waals surface area contributed by atoms with Gasteiger partial charge in [0.05, 0.1) is 0 Å². The molecule has 0 spiro atoms. The maximum absolute atomic E-state index is 4.24. The molecule has 0 aliphatic rings. The van der Waals surface area contributed by atoms with Crippen molar-refractivity contribution in [1.29, 1.82) is 0 Å². The lowest BCUT2D eigenvalue weighted by molar-refractivity contribution is 0.954.